The molecule has 0 aliphatic carbocycles. The van der Waals surface area contributed by atoms with Crippen molar-refractivity contribution < 1.29 is 13.9 Å². The van der Waals surface area contributed by atoms with Gasteiger partial charge in [0.05, 0.1) is 0 Å². The Labute approximate surface area is 154 Å². The van der Waals surface area contributed by atoms with Gasteiger partial charge in [-0.05, 0) is 36.4 Å². The Bertz CT molecular complexity index is 663. The summed E-state index contributed by atoms with van der Waals surface area (Å²) in [5.41, 5.74) is 0.488. The molecule has 0 aromatic heterocycles. The second kappa shape index (κ2) is 9.77. The summed E-state index contributed by atoms with van der Waals surface area (Å²) in [7, 11) is 0. The summed E-state index contributed by atoms with van der Waals surface area (Å²) >= 11 is 13.2. The Kier molecular flexibility index (Phi) is 7.69. The van der Waals surface area contributed by atoms with Gasteiger partial charge in [-0.15, -0.1) is 0 Å². The highest BCUT2D eigenvalue weighted by atomic mass is 35.5. The first kappa shape index (κ1) is 18.9. The SMILES string of the molecule is O=C(COc1ccc(Cl)cc1)NCCSCc1c(F)cccc1Cl. The number of halogens is 3. The molecule has 1 amide bonds. The Morgan fingerprint density at radius 2 is 1.92 bits per heavy atom. The largest absolute Gasteiger partial charge is 0.484 e. The normalized spacial score (nSPS) is 10.5. The van der Waals surface area contributed by atoms with Crippen LogP contribution in [0.4, 0.5) is 4.39 Å². The minimum absolute atomic E-state index is 0.0640. The molecule has 0 heterocycles. The lowest BCUT2D eigenvalue weighted by Gasteiger charge is -2.08. The van der Waals surface area contributed by atoms with E-state index in [1.807, 2.05) is 0 Å². The van der Waals surface area contributed by atoms with Gasteiger partial charge >= 0.3 is 0 Å². The Morgan fingerprint density at radius 3 is 2.62 bits per heavy atom. The first-order valence-electron chi connectivity index (χ1n) is 7.22. The van der Waals surface area contributed by atoms with Crippen LogP contribution >= 0.6 is 35.0 Å². The van der Waals surface area contributed by atoms with Crippen LogP contribution in [0.5, 0.6) is 5.75 Å². The third kappa shape index (κ3) is 6.23. The second-order valence-corrected chi connectivity index (χ2v) is 6.79. The van der Waals surface area contributed by atoms with Crippen molar-refractivity contribution in [3.8, 4) is 5.75 Å². The maximum absolute atomic E-state index is 13.6. The zero-order valence-corrected chi connectivity index (χ0v) is 15.1. The molecular weight excluding hydrogens is 372 g/mol. The van der Waals surface area contributed by atoms with E-state index in [1.165, 1.54) is 17.8 Å². The lowest BCUT2D eigenvalue weighted by molar-refractivity contribution is -0.122. The molecule has 0 saturated heterocycles. The molecule has 2 rings (SSSR count). The maximum Gasteiger partial charge on any atom is 0.257 e. The maximum atomic E-state index is 13.6. The standard InChI is InChI=1S/C17H16Cl2FNO2S/c18-12-4-6-13(7-5-12)23-10-17(22)21-8-9-24-11-14-15(19)2-1-3-16(14)20/h1-7H,8-11H2,(H,21,22). The van der Waals surface area contributed by atoms with Gasteiger partial charge < -0.3 is 10.1 Å². The monoisotopic (exact) mass is 387 g/mol. The van der Waals surface area contributed by atoms with E-state index in [0.717, 1.165) is 0 Å². The van der Waals surface area contributed by atoms with Gasteiger partial charge in [-0.3, -0.25) is 4.79 Å². The zero-order valence-electron chi connectivity index (χ0n) is 12.7. The molecule has 0 radical (unpaired) electrons. The summed E-state index contributed by atoms with van der Waals surface area (Å²) < 4.78 is 18.9. The van der Waals surface area contributed by atoms with Gasteiger partial charge in [-0.2, -0.15) is 11.8 Å². The molecule has 0 unspecified atom stereocenters. The summed E-state index contributed by atoms with van der Waals surface area (Å²) in [4.78, 5) is 11.7. The molecule has 1 N–H and O–H groups in total. The lowest BCUT2D eigenvalue weighted by atomic mass is 10.2. The van der Waals surface area contributed by atoms with Crippen LogP contribution in [0.15, 0.2) is 42.5 Å². The van der Waals surface area contributed by atoms with E-state index in [1.54, 1.807) is 36.4 Å². The minimum atomic E-state index is -0.310. The lowest BCUT2D eigenvalue weighted by Crippen LogP contribution is -2.30. The van der Waals surface area contributed by atoms with E-state index >= 15 is 0 Å². The van der Waals surface area contributed by atoms with Gasteiger partial charge in [-0.1, -0.05) is 29.3 Å². The zero-order chi connectivity index (χ0) is 17.4. The summed E-state index contributed by atoms with van der Waals surface area (Å²) in [6.45, 7) is 0.408. The average Bonchev–Trinajstić information content (AvgIpc) is 2.56. The number of benzene rings is 2. The molecule has 0 bridgehead atoms. The van der Waals surface area contributed by atoms with Gasteiger partial charge in [0, 0.05) is 33.7 Å². The van der Waals surface area contributed by atoms with Crippen molar-refractivity contribution in [2.45, 2.75) is 5.75 Å². The summed E-state index contributed by atoms with van der Waals surface area (Å²) in [6.07, 6.45) is 0. The topological polar surface area (TPSA) is 38.3 Å². The molecule has 2 aromatic carbocycles. The van der Waals surface area contributed by atoms with E-state index in [9.17, 15) is 9.18 Å². The average molecular weight is 388 g/mol. The summed E-state index contributed by atoms with van der Waals surface area (Å²) in [5.74, 6) is 1.17. The first-order valence-corrected chi connectivity index (χ1v) is 9.13. The van der Waals surface area contributed by atoms with Crippen LogP contribution in [0.3, 0.4) is 0 Å². The smallest absolute Gasteiger partial charge is 0.257 e. The van der Waals surface area contributed by atoms with Crippen molar-refractivity contribution >= 4 is 40.9 Å². The summed E-state index contributed by atoms with van der Waals surface area (Å²) in [6, 6.07) is 11.4. The van der Waals surface area contributed by atoms with Crippen LogP contribution in [-0.4, -0.2) is 24.8 Å². The van der Waals surface area contributed by atoms with Crippen LogP contribution in [0, 0.1) is 5.82 Å². The minimum Gasteiger partial charge on any atom is -0.484 e. The molecule has 0 spiro atoms. The molecule has 128 valence electrons. The number of nitrogens with one attached hydrogen (secondary N) is 1. The second-order valence-electron chi connectivity index (χ2n) is 4.85. The van der Waals surface area contributed by atoms with E-state index in [-0.39, 0.29) is 18.3 Å². The van der Waals surface area contributed by atoms with E-state index in [2.05, 4.69) is 5.32 Å². The predicted octanol–water partition coefficient (Wildman–Crippen LogP) is 4.56. The molecule has 0 fully saturated rings. The van der Waals surface area contributed by atoms with Crippen LogP contribution in [-0.2, 0) is 10.5 Å². The number of hydrogen-bond acceptors (Lipinski definition) is 3. The Morgan fingerprint density at radius 1 is 1.17 bits per heavy atom. The molecule has 0 aliphatic rings. The number of rotatable bonds is 8. The highest BCUT2D eigenvalue weighted by Gasteiger charge is 2.07. The highest BCUT2D eigenvalue weighted by molar-refractivity contribution is 7.98. The number of carbonyl (C=O) groups is 1. The predicted molar refractivity (Wildman–Crippen MR) is 97.5 cm³/mol. The number of ether oxygens (including phenoxy) is 1. The third-order valence-corrected chi connectivity index (χ3v) is 4.65. The van der Waals surface area contributed by atoms with Gasteiger partial charge in [0.1, 0.15) is 11.6 Å². The van der Waals surface area contributed by atoms with E-state index in [0.29, 0.717) is 39.4 Å². The fraction of sp³-hybridized carbons (Fsp3) is 0.235. The van der Waals surface area contributed by atoms with Crippen molar-refractivity contribution in [3.63, 3.8) is 0 Å². The molecular formula is C17H16Cl2FNO2S. The van der Waals surface area contributed by atoms with Crippen molar-refractivity contribution in [2.75, 3.05) is 18.9 Å². The van der Waals surface area contributed by atoms with Gasteiger partial charge in [0.15, 0.2) is 6.61 Å². The van der Waals surface area contributed by atoms with E-state index < -0.39 is 0 Å². The Hall–Kier alpha value is -1.43. The van der Waals surface area contributed by atoms with Crippen molar-refractivity contribution in [1.82, 2.24) is 5.32 Å². The number of amides is 1. The number of thioether (sulfide) groups is 1. The van der Waals surface area contributed by atoms with Crippen LogP contribution < -0.4 is 10.1 Å². The molecule has 0 saturated carbocycles. The highest BCUT2D eigenvalue weighted by Crippen LogP contribution is 2.23. The van der Waals surface area contributed by atoms with Crippen LogP contribution in [0.2, 0.25) is 10.0 Å². The van der Waals surface area contributed by atoms with Gasteiger partial charge in [-0.25, -0.2) is 4.39 Å². The molecule has 3 nitrogen and oxygen atoms in total. The molecule has 0 atom stereocenters. The van der Waals surface area contributed by atoms with Crippen molar-refractivity contribution in [3.05, 3.63) is 63.9 Å². The third-order valence-electron chi connectivity index (χ3n) is 3.06. The molecule has 2 aromatic rings. The molecule has 7 heteroatoms. The number of hydrogen-bond donors (Lipinski definition) is 1. The molecule has 24 heavy (non-hydrogen) atoms. The summed E-state index contributed by atoms with van der Waals surface area (Å²) in [5, 5.41) is 3.77. The van der Waals surface area contributed by atoms with Gasteiger partial charge in [0.2, 0.25) is 0 Å². The Balaban J connectivity index is 1.62. The van der Waals surface area contributed by atoms with Crippen molar-refractivity contribution in [2.24, 2.45) is 0 Å². The quantitative estimate of drug-likeness (QED) is 0.674. The van der Waals surface area contributed by atoms with Crippen LogP contribution in [0.1, 0.15) is 5.56 Å². The fourth-order valence-electron chi connectivity index (χ4n) is 1.84. The van der Waals surface area contributed by atoms with Crippen molar-refractivity contribution in [1.29, 1.82) is 0 Å². The van der Waals surface area contributed by atoms with Gasteiger partial charge in [0.25, 0.3) is 5.91 Å². The van der Waals surface area contributed by atoms with E-state index in [4.69, 9.17) is 27.9 Å². The fourth-order valence-corrected chi connectivity index (χ4v) is 3.16. The number of carbonyl (C=O) groups excluding carboxylic acids is 1. The first-order chi connectivity index (χ1) is 11.6. The van der Waals surface area contributed by atoms with Crippen LogP contribution in [0.25, 0.3) is 0 Å². The molecule has 0 aliphatic heterocycles.